The van der Waals surface area contributed by atoms with Gasteiger partial charge in [0.1, 0.15) is 0 Å². The molecule has 0 spiro atoms. The van der Waals surface area contributed by atoms with E-state index in [9.17, 15) is 15.8 Å². The van der Waals surface area contributed by atoms with E-state index in [2.05, 4.69) is 159 Å². The maximum atomic E-state index is 10.6. The fourth-order valence-corrected chi connectivity index (χ4v) is 8.90. The first-order valence-electron chi connectivity index (χ1n) is 18.7. The summed E-state index contributed by atoms with van der Waals surface area (Å²) in [6.07, 6.45) is 0. The van der Waals surface area contributed by atoms with E-state index in [4.69, 9.17) is 0 Å². The van der Waals surface area contributed by atoms with Crippen molar-refractivity contribution in [3.63, 3.8) is 0 Å². The summed E-state index contributed by atoms with van der Waals surface area (Å²) in [6, 6.07) is 64.8. The highest BCUT2D eigenvalue weighted by molar-refractivity contribution is 6.15. The monoisotopic (exact) mass is 724 g/mol. The first kappa shape index (κ1) is 32.1. The number of aromatic nitrogens is 3. The third kappa shape index (κ3) is 4.68. The molecule has 0 unspecified atom stereocenters. The Bertz CT molecular complexity index is 3500. The van der Waals surface area contributed by atoms with Crippen LogP contribution in [0.2, 0.25) is 0 Å². The van der Waals surface area contributed by atoms with Crippen LogP contribution in [0.15, 0.2) is 170 Å². The summed E-state index contributed by atoms with van der Waals surface area (Å²) in [4.78, 5) is 0. The molecule has 3 aromatic heterocycles. The van der Waals surface area contributed by atoms with E-state index in [0.717, 1.165) is 82.8 Å². The minimum absolute atomic E-state index is 0.563. The van der Waals surface area contributed by atoms with E-state index in [1.54, 1.807) is 0 Å². The van der Waals surface area contributed by atoms with Crippen LogP contribution < -0.4 is 0 Å². The predicted octanol–water partition coefficient (Wildman–Crippen LogP) is 12.3. The minimum Gasteiger partial charge on any atom is -0.309 e. The van der Waals surface area contributed by atoms with Gasteiger partial charge in [0.15, 0.2) is 0 Å². The lowest BCUT2D eigenvalue weighted by Crippen LogP contribution is -2.01. The summed E-state index contributed by atoms with van der Waals surface area (Å²) in [5, 5.41) is 36.7. The smallest absolute Gasteiger partial charge is 0.0998 e. The normalized spacial score (nSPS) is 11.5. The number of nitriles is 3. The van der Waals surface area contributed by atoms with E-state index in [-0.39, 0.29) is 0 Å². The first-order chi connectivity index (χ1) is 28.1. The molecule has 0 amide bonds. The van der Waals surface area contributed by atoms with Crippen LogP contribution in [0.3, 0.4) is 0 Å². The maximum Gasteiger partial charge on any atom is 0.0998 e. The van der Waals surface area contributed by atoms with Crippen LogP contribution in [0, 0.1) is 34.0 Å². The third-order valence-corrected chi connectivity index (χ3v) is 11.3. The number of benzene rings is 8. The van der Waals surface area contributed by atoms with Crippen molar-refractivity contribution in [2.24, 2.45) is 0 Å². The van der Waals surface area contributed by atoms with Crippen LogP contribution in [-0.2, 0) is 0 Å². The molecule has 8 aromatic carbocycles. The van der Waals surface area contributed by atoms with E-state index >= 15 is 0 Å². The maximum absolute atomic E-state index is 10.6. The van der Waals surface area contributed by atoms with Crippen molar-refractivity contribution in [3.8, 4) is 46.4 Å². The summed E-state index contributed by atoms with van der Waals surface area (Å²) >= 11 is 0. The SMILES string of the molecule is N#Cc1ccc2c(c1)c1cc(C#N)ccc1n2-c1cccc2c3ccccc3n(-c3cccc(-c4ccc(-n5c6ccccc6c6ccccc65)cc4C#N)c3)c12. The minimum atomic E-state index is 0.563. The van der Waals surface area contributed by atoms with Crippen molar-refractivity contribution in [1.82, 2.24) is 13.7 Å². The number of rotatable bonds is 4. The Labute approximate surface area is 326 Å². The molecule has 0 aliphatic carbocycles. The average Bonchev–Trinajstić information content (AvgIpc) is 3.91. The van der Waals surface area contributed by atoms with Crippen LogP contribution in [-0.4, -0.2) is 13.7 Å². The van der Waals surface area contributed by atoms with Crippen molar-refractivity contribution < 1.29 is 0 Å². The Morgan fingerprint density at radius 2 is 0.877 bits per heavy atom. The molecule has 0 aliphatic rings. The quantitative estimate of drug-likeness (QED) is 0.181. The molecule has 0 saturated heterocycles. The van der Waals surface area contributed by atoms with E-state index < -0.39 is 0 Å². The molecule has 3 heterocycles. The van der Waals surface area contributed by atoms with Crippen LogP contribution in [0.25, 0.3) is 93.6 Å². The predicted molar refractivity (Wildman–Crippen MR) is 229 cm³/mol. The van der Waals surface area contributed by atoms with Gasteiger partial charge in [-0.25, -0.2) is 0 Å². The van der Waals surface area contributed by atoms with Crippen LogP contribution >= 0.6 is 0 Å². The van der Waals surface area contributed by atoms with Crippen LogP contribution in [0.4, 0.5) is 0 Å². The highest BCUT2D eigenvalue weighted by Gasteiger charge is 2.21. The van der Waals surface area contributed by atoms with Gasteiger partial charge in [0.2, 0.25) is 0 Å². The lowest BCUT2D eigenvalue weighted by Gasteiger charge is -2.16. The zero-order valence-corrected chi connectivity index (χ0v) is 30.3. The molecule has 11 aromatic rings. The molecule has 11 rings (SSSR count). The Morgan fingerprint density at radius 1 is 0.351 bits per heavy atom. The zero-order chi connectivity index (χ0) is 38.2. The lowest BCUT2D eigenvalue weighted by molar-refractivity contribution is 1.13. The molecule has 0 aliphatic heterocycles. The number of hydrogen-bond donors (Lipinski definition) is 0. The van der Waals surface area contributed by atoms with E-state index in [1.807, 2.05) is 42.5 Å². The van der Waals surface area contributed by atoms with Crippen LogP contribution in [0.1, 0.15) is 16.7 Å². The summed E-state index contributed by atoms with van der Waals surface area (Å²) in [6.45, 7) is 0. The van der Waals surface area contributed by atoms with Crippen molar-refractivity contribution in [3.05, 3.63) is 187 Å². The molecule has 0 N–H and O–H groups in total. The number of fused-ring (bicyclic) bond motifs is 9. The van der Waals surface area contributed by atoms with Gasteiger partial charge in [-0.1, -0.05) is 84.9 Å². The fourth-order valence-electron chi connectivity index (χ4n) is 8.90. The van der Waals surface area contributed by atoms with Gasteiger partial charge in [-0.2, -0.15) is 15.8 Å². The summed E-state index contributed by atoms with van der Waals surface area (Å²) < 4.78 is 6.80. The highest BCUT2D eigenvalue weighted by Crippen LogP contribution is 2.41. The van der Waals surface area contributed by atoms with Gasteiger partial charge < -0.3 is 13.7 Å². The van der Waals surface area contributed by atoms with Crippen molar-refractivity contribution in [2.45, 2.75) is 0 Å². The molecule has 57 heavy (non-hydrogen) atoms. The molecule has 0 saturated carbocycles. The summed E-state index contributed by atoms with van der Waals surface area (Å²) in [5.41, 5.74) is 12.5. The van der Waals surface area contributed by atoms with Gasteiger partial charge in [0.05, 0.1) is 73.7 Å². The Morgan fingerprint density at radius 3 is 1.49 bits per heavy atom. The van der Waals surface area contributed by atoms with Crippen molar-refractivity contribution in [1.29, 1.82) is 15.8 Å². The molecule has 0 radical (unpaired) electrons. The zero-order valence-electron chi connectivity index (χ0n) is 30.3. The van der Waals surface area contributed by atoms with Crippen molar-refractivity contribution >= 4 is 65.4 Å². The molecular formula is C51H28N6. The lowest BCUT2D eigenvalue weighted by atomic mass is 9.99. The van der Waals surface area contributed by atoms with Gasteiger partial charge >= 0.3 is 0 Å². The molecule has 6 nitrogen and oxygen atoms in total. The Balaban J connectivity index is 1.13. The van der Waals surface area contributed by atoms with Gasteiger partial charge in [-0.05, 0) is 96.1 Å². The summed E-state index contributed by atoms with van der Waals surface area (Å²) in [7, 11) is 0. The molecule has 0 fully saturated rings. The standard InChI is InChI=1S/C51H28N6/c52-29-32-19-23-48-43(25-32)44-26-33(30-53)20-24-49(44)57(48)50-18-8-14-42-41-13-3-6-17-47(41)56(51(42)50)36-10-7-9-34(27-36)38-22-21-37(28-35(38)31-54)55-45-15-4-1-11-39(45)40-12-2-5-16-46(40)55/h1-28H. The molecular weight excluding hydrogens is 697 g/mol. The van der Waals surface area contributed by atoms with Gasteiger partial charge in [-0.15, -0.1) is 0 Å². The largest absolute Gasteiger partial charge is 0.309 e. The topological polar surface area (TPSA) is 86.2 Å². The fraction of sp³-hybridized carbons (Fsp3) is 0. The van der Waals surface area contributed by atoms with Crippen LogP contribution in [0.5, 0.6) is 0 Å². The molecule has 6 heteroatoms. The molecule has 262 valence electrons. The van der Waals surface area contributed by atoms with E-state index in [1.165, 1.54) is 10.8 Å². The second-order valence-corrected chi connectivity index (χ2v) is 14.3. The highest BCUT2D eigenvalue weighted by atomic mass is 15.1. The number of nitrogens with zero attached hydrogens (tertiary/aromatic N) is 6. The van der Waals surface area contributed by atoms with E-state index in [0.29, 0.717) is 16.7 Å². The number of hydrogen-bond acceptors (Lipinski definition) is 3. The average molecular weight is 725 g/mol. The second kappa shape index (κ2) is 12.3. The summed E-state index contributed by atoms with van der Waals surface area (Å²) in [5.74, 6) is 0. The first-order valence-corrected chi connectivity index (χ1v) is 18.7. The molecule has 0 atom stereocenters. The van der Waals surface area contributed by atoms with Gasteiger partial charge in [0.25, 0.3) is 0 Å². The van der Waals surface area contributed by atoms with Gasteiger partial charge in [0, 0.05) is 43.7 Å². The van der Waals surface area contributed by atoms with Gasteiger partial charge in [-0.3, -0.25) is 0 Å². The Hall–Kier alpha value is -8.37. The Kier molecular flexibility index (Phi) is 6.95. The second-order valence-electron chi connectivity index (χ2n) is 14.3. The number of para-hydroxylation sites is 4. The van der Waals surface area contributed by atoms with Crippen molar-refractivity contribution in [2.75, 3.05) is 0 Å². The molecule has 0 bridgehead atoms. The third-order valence-electron chi connectivity index (χ3n) is 11.3.